The van der Waals surface area contributed by atoms with Gasteiger partial charge in [0, 0.05) is 0 Å². The van der Waals surface area contributed by atoms with Gasteiger partial charge in [-0.2, -0.15) is 0 Å². The maximum atomic E-state index is 11.6. The summed E-state index contributed by atoms with van der Waals surface area (Å²) in [6.07, 6.45) is 0.680. The van der Waals surface area contributed by atoms with Crippen LogP contribution in [0, 0.1) is 6.92 Å². The normalized spacial score (nSPS) is 10.2. The fraction of sp³-hybridized carbons (Fsp3) is 0.500. The van der Waals surface area contributed by atoms with E-state index in [-0.39, 0.29) is 17.3 Å². The first kappa shape index (κ1) is 12.8. The lowest BCUT2D eigenvalue weighted by molar-refractivity contribution is -0.443. The molecule has 88 valence electrons. The van der Waals surface area contributed by atoms with Gasteiger partial charge in [-0.1, -0.05) is 6.92 Å². The Balaban J connectivity index is 2.84. The van der Waals surface area contributed by atoms with Gasteiger partial charge in [-0.25, -0.2) is 14.8 Å². The second-order valence-electron chi connectivity index (χ2n) is 3.23. The van der Waals surface area contributed by atoms with Crippen LogP contribution in [0.5, 0.6) is 0 Å². The number of aromatic amines is 2. The lowest BCUT2D eigenvalue weighted by Gasteiger charge is -1.99. The lowest BCUT2D eigenvalue weighted by Crippen LogP contribution is -2.26. The molecule has 0 unspecified atom stereocenters. The predicted octanol–water partition coefficient (Wildman–Crippen LogP) is 0.325. The zero-order valence-electron chi connectivity index (χ0n) is 9.55. The van der Waals surface area contributed by atoms with Gasteiger partial charge < -0.3 is 4.74 Å². The predicted molar refractivity (Wildman–Crippen MR) is 60.5 cm³/mol. The van der Waals surface area contributed by atoms with Crippen LogP contribution in [0.2, 0.25) is 0 Å². The van der Waals surface area contributed by atoms with Crippen LogP contribution in [0.1, 0.15) is 18.2 Å². The summed E-state index contributed by atoms with van der Waals surface area (Å²) < 4.78 is 4.51. The molecule has 6 heteroatoms. The Bertz CT molecular complexity index is 442. The Labute approximate surface area is 97.6 Å². The number of methoxy groups -OCH3 is 1. The number of esters is 1. The number of nitrogens with one attached hydrogen (secondary N) is 2. The molecule has 1 rings (SSSR count). The zero-order chi connectivity index (χ0) is 12.1. The van der Waals surface area contributed by atoms with Crippen LogP contribution in [-0.2, 0) is 16.0 Å². The van der Waals surface area contributed by atoms with Gasteiger partial charge in [0.15, 0.2) is 0 Å². The average Bonchev–Trinajstić information content (AvgIpc) is 2.25. The van der Waals surface area contributed by atoms with E-state index in [9.17, 15) is 9.59 Å². The molecular formula is C10H15N2O3S+. The minimum atomic E-state index is -0.323. The van der Waals surface area contributed by atoms with Crippen molar-refractivity contribution in [3.63, 3.8) is 0 Å². The highest BCUT2D eigenvalue weighted by molar-refractivity contribution is 7.99. The summed E-state index contributed by atoms with van der Waals surface area (Å²) in [5, 5.41) is 0.574. The van der Waals surface area contributed by atoms with E-state index < -0.39 is 0 Å². The second kappa shape index (κ2) is 5.69. The van der Waals surface area contributed by atoms with E-state index in [0.29, 0.717) is 11.6 Å². The topological polar surface area (TPSA) is 73.3 Å². The van der Waals surface area contributed by atoms with Crippen molar-refractivity contribution in [3.8, 4) is 0 Å². The Morgan fingerprint density at radius 1 is 1.56 bits per heavy atom. The van der Waals surface area contributed by atoms with Crippen molar-refractivity contribution in [1.82, 2.24) is 4.98 Å². The van der Waals surface area contributed by atoms with Crippen molar-refractivity contribution in [1.29, 1.82) is 0 Å². The van der Waals surface area contributed by atoms with Crippen LogP contribution in [-0.4, -0.2) is 23.8 Å². The number of thioether (sulfide) groups is 1. The van der Waals surface area contributed by atoms with Gasteiger partial charge >= 0.3 is 16.7 Å². The average molecular weight is 243 g/mol. The third-order valence-electron chi connectivity index (χ3n) is 2.17. The number of carbonyl (C=O) groups is 1. The molecule has 0 amide bonds. The number of hydrogen-bond acceptors (Lipinski definition) is 4. The van der Waals surface area contributed by atoms with Gasteiger partial charge in [0.25, 0.3) is 0 Å². The highest BCUT2D eigenvalue weighted by Crippen LogP contribution is 2.09. The molecule has 0 spiro atoms. The minimum Gasteiger partial charge on any atom is -0.468 e. The molecule has 1 aromatic rings. The van der Waals surface area contributed by atoms with Crippen LogP contribution in [0.4, 0.5) is 0 Å². The van der Waals surface area contributed by atoms with Crippen molar-refractivity contribution in [2.75, 3.05) is 12.9 Å². The zero-order valence-corrected chi connectivity index (χ0v) is 10.4. The third-order valence-corrected chi connectivity index (χ3v) is 3.04. The number of rotatable bonds is 4. The monoisotopic (exact) mass is 243 g/mol. The van der Waals surface area contributed by atoms with E-state index in [0.717, 1.165) is 11.3 Å². The van der Waals surface area contributed by atoms with Crippen LogP contribution in [0.15, 0.2) is 9.95 Å². The molecule has 0 aliphatic rings. The largest absolute Gasteiger partial charge is 0.468 e. The van der Waals surface area contributed by atoms with Crippen LogP contribution in [0.25, 0.3) is 0 Å². The first-order valence-electron chi connectivity index (χ1n) is 4.93. The molecule has 0 bridgehead atoms. The summed E-state index contributed by atoms with van der Waals surface area (Å²) in [5.41, 5.74) is 1.46. The summed E-state index contributed by atoms with van der Waals surface area (Å²) in [6, 6.07) is 0. The number of H-pyrrole nitrogens is 2. The van der Waals surface area contributed by atoms with Crippen LogP contribution in [0.3, 0.4) is 0 Å². The van der Waals surface area contributed by atoms with Gasteiger partial charge in [0.2, 0.25) is 0 Å². The summed E-state index contributed by atoms with van der Waals surface area (Å²) in [5.74, 6) is -0.148. The first-order valence-corrected chi connectivity index (χ1v) is 5.91. The smallest absolute Gasteiger partial charge is 0.339 e. The fourth-order valence-corrected chi connectivity index (χ4v) is 2.08. The molecule has 1 aromatic heterocycles. The van der Waals surface area contributed by atoms with Gasteiger partial charge in [0.1, 0.15) is 11.4 Å². The third kappa shape index (κ3) is 3.10. The maximum Gasteiger partial charge on any atom is 0.339 e. The molecule has 0 atom stereocenters. The standard InChI is InChI=1S/C10H14N2O3S/c1-4-7-6(2)11-10(12-9(7)14)16-5-8(13)15-3/h4-5H2,1-3H3,(H,11,12,14)/p+1. The molecular weight excluding hydrogens is 228 g/mol. The van der Waals surface area contributed by atoms with E-state index >= 15 is 0 Å². The SMILES string of the molecule is CCc1c(C)[nH+]c(SCC(=O)OC)[nH]c1=O. The molecule has 0 aliphatic carbocycles. The van der Waals surface area contributed by atoms with Crippen molar-refractivity contribution < 1.29 is 14.5 Å². The Kier molecular flexibility index (Phi) is 4.54. The molecule has 1 heterocycles. The van der Waals surface area contributed by atoms with E-state index in [4.69, 9.17) is 0 Å². The molecule has 0 saturated heterocycles. The Hall–Kier alpha value is -1.30. The Morgan fingerprint density at radius 3 is 2.75 bits per heavy atom. The molecule has 16 heavy (non-hydrogen) atoms. The highest BCUT2D eigenvalue weighted by Gasteiger charge is 2.14. The van der Waals surface area contributed by atoms with E-state index in [1.54, 1.807) is 0 Å². The van der Waals surface area contributed by atoms with Gasteiger partial charge in [-0.05, 0) is 25.1 Å². The molecule has 0 saturated carbocycles. The van der Waals surface area contributed by atoms with Crippen LogP contribution < -0.4 is 10.5 Å². The summed E-state index contributed by atoms with van der Waals surface area (Å²) in [4.78, 5) is 28.3. The molecule has 0 radical (unpaired) electrons. The van der Waals surface area contributed by atoms with Crippen molar-refractivity contribution in [3.05, 3.63) is 21.6 Å². The van der Waals surface area contributed by atoms with Gasteiger partial charge in [0.05, 0.1) is 12.7 Å². The van der Waals surface area contributed by atoms with Gasteiger partial charge in [-0.15, -0.1) is 0 Å². The second-order valence-corrected chi connectivity index (χ2v) is 4.22. The molecule has 0 fully saturated rings. The molecule has 0 aliphatic heterocycles. The molecule has 5 nitrogen and oxygen atoms in total. The quantitative estimate of drug-likeness (QED) is 0.470. The molecule has 0 aromatic carbocycles. The summed E-state index contributed by atoms with van der Waals surface area (Å²) in [7, 11) is 1.33. The van der Waals surface area contributed by atoms with Crippen molar-refractivity contribution in [2.24, 2.45) is 0 Å². The molecule has 2 N–H and O–H groups in total. The number of ether oxygens (including phenoxy) is 1. The lowest BCUT2D eigenvalue weighted by atomic mass is 10.2. The number of carbonyl (C=O) groups excluding carboxylic acids is 1. The van der Waals surface area contributed by atoms with E-state index in [1.807, 2.05) is 13.8 Å². The number of aryl methyl sites for hydroxylation is 1. The number of hydrogen-bond donors (Lipinski definition) is 1. The highest BCUT2D eigenvalue weighted by atomic mass is 32.2. The van der Waals surface area contributed by atoms with Gasteiger partial charge in [-0.3, -0.25) is 4.79 Å². The summed E-state index contributed by atoms with van der Waals surface area (Å²) in [6.45, 7) is 3.77. The maximum absolute atomic E-state index is 11.6. The van der Waals surface area contributed by atoms with Crippen LogP contribution >= 0.6 is 11.8 Å². The van der Waals surface area contributed by atoms with Crippen molar-refractivity contribution >= 4 is 17.7 Å². The fourth-order valence-electron chi connectivity index (χ4n) is 1.31. The minimum absolute atomic E-state index is 0.105. The van der Waals surface area contributed by atoms with Crippen molar-refractivity contribution in [2.45, 2.75) is 25.4 Å². The summed E-state index contributed by atoms with van der Waals surface area (Å²) >= 11 is 1.21. The Morgan fingerprint density at radius 2 is 2.25 bits per heavy atom. The van der Waals surface area contributed by atoms with E-state index in [2.05, 4.69) is 14.7 Å². The van der Waals surface area contributed by atoms with E-state index in [1.165, 1.54) is 18.9 Å². The number of aromatic nitrogens is 2. The first-order chi connectivity index (χ1) is 7.58.